The topological polar surface area (TPSA) is 75.6 Å². The lowest BCUT2D eigenvalue weighted by atomic mass is 9.66. The number of carbonyl (C=O) groups excluding carboxylic acids is 1. The van der Waals surface area contributed by atoms with Crippen LogP contribution in [0.3, 0.4) is 0 Å². The lowest BCUT2D eigenvalue weighted by Gasteiger charge is -2.39. The van der Waals surface area contributed by atoms with E-state index in [9.17, 15) is 14.7 Å². The molecule has 1 rings (SSSR count). The van der Waals surface area contributed by atoms with Gasteiger partial charge in [0.15, 0.2) is 0 Å². The molecular weight excluding hydrogens is 330 g/mol. The first-order chi connectivity index (χ1) is 11.9. The van der Waals surface area contributed by atoms with Crippen molar-refractivity contribution in [3.8, 4) is 0 Å². The summed E-state index contributed by atoms with van der Waals surface area (Å²) >= 11 is 0. The van der Waals surface area contributed by atoms with Crippen LogP contribution < -0.4 is 5.32 Å². The van der Waals surface area contributed by atoms with E-state index in [0.29, 0.717) is 0 Å². The van der Waals surface area contributed by atoms with Crippen molar-refractivity contribution in [2.45, 2.75) is 54.2 Å². The van der Waals surface area contributed by atoms with Crippen LogP contribution in [0.15, 0.2) is 42.5 Å². The average Bonchev–Trinajstić information content (AvgIpc) is 2.50. The number of benzene rings is 1. The summed E-state index contributed by atoms with van der Waals surface area (Å²) in [5.41, 5.74) is 0.766. The Labute approximate surface area is 156 Å². The van der Waals surface area contributed by atoms with E-state index >= 15 is 0 Å². The molecule has 1 unspecified atom stereocenters. The van der Waals surface area contributed by atoms with Gasteiger partial charge in [-0.25, -0.2) is 9.59 Å². The zero-order chi connectivity index (χ0) is 20.0. The molecule has 1 amide bonds. The first-order valence-corrected chi connectivity index (χ1v) is 8.79. The van der Waals surface area contributed by atoms with Gasteiger partial charge >= 0.3 is 12.1 Å². The molecule has 0 fully saturated rings. The Morgan fingerprint density at radius 3 is 2.04 bits per heavy atom. The maximum Gasteiger partial charge on any atom is 0.408 e. The molecule has 144 valence electrons. The molecule has 0 aliphatic rings. The lowest BCUT2D eigenvalue weighted by Crippen LogP contribution is -2.40. The number of allylic oxidation sites excluding steroid dienone is 1. The van der Waals surface area contributed by atoms with Crippen molar-refractivity contribution in [3.63, 3.8) is 0 Å². The minimum atomic E-state index is -1.13. The molecule has 1 atom stereocenters. The highest BCUT2D eigenvalue weighted by Crippen LogP contribution is 2.40. The highest BCUT2D eigenvalue weighted by atomic mass is 16.5. The number of carbonyl (C=O) groups is 2. The van der Waals surface area contributed by atoms with Crippen LogP contribution in [-0.4, -0.2) is 23.2 Å². The summed E-state index contributed by atoms with van der Waals surface area (Å²) < 4.78 is 5.10. The molecule has 0 aliphatic heterocycles. The minimum absolute atomic E-state index is 0.0361. The number of hydrogen-bond acceptors (Lipinski definition) is 3. The standard InChI is InChI=1S/C21H31NO4/c1-20(2,3)17(21(4,5)6)13-12-16(18(23)24)22-19(25)26-14-15-10-8-7-9-11-15/h7-13,16-17H,14H2,1-6H3,(H,22,25)(H,23,24). The van der Waals surface area contributed by atoms with Gasteiger partial charge in [-0.15, -0.1) is 0 Å². The Balaban J connectivity index is 2.76. The molecule has 1 aromatic carbocycles. The summed E-state index contributed by atoms with van der Waals surface area (Å²) in [6, 6.07) is 8.09. The Morgan fingerprint density at radius 2 is 1.58 bits per heavy atom. The lowest BCUT2D eigenvalue weighted by molar-refractivity contribution is -0.138. The predicted octanol–water partition coefficient (Wildman–Crippen LogP) is 4.63. The van der Waals surface area contributed by atoms with Crippen LogP contribution in [0, 0.1) is 16.7 Å². The van der Waals surface area contributed by atoms with Crippen LogP contribution in [0.4, 0.5) is 4.79 Å². The van der Waals surface area contributed by atoms with Crippen molar-refractivity contribution in [3.05, 3.63) is 48.0 Å². The van der Waals surface area contributed by atoms with Crippen molar-refractivity contribution in [2.75, 3.05) is 0 Å². The van der Waals surface area contributed by atoms with Gasteiger partial charge in [0.25, 0.3) is 0 Å². The van der Waals surface area contributed by atoms with Gasteiger partial charge in [-0.2, -0.15) is 0 Å². The molecule has 0 saturated carbocycles. The molecule has 0 bridgehead atoms. The van der Waals surface area contributed by atoms with Crippen molar-refractivity contribution in [1.29, 1.82) is 0 Å². The number of carboxylic acid groups (broad SMARTS) is 1. The molecule has 0 heterocycles. The number of aliphatic carboxylic acids is 1. The Morgan fingerprint density at radius 1 is 1.04 bits per heavy atom. The fourth-order valence-corrected chi connectivity index (χ4v) is 3.18. The second-order valence-electron chi connectivity index (χ2n) is 8.62. The van der Waals surface area contributed by atoms with Gasteiger partial charge in [-0.1, -0.05) is 84.0 Å². The van der Waals surface area contributed by atoms with E-state index in [1.54, 1.807) is 0 Å². The summed E-state index contributed by atoms with van der Waals surface area (Å²) in [5.74, 6) is -0.988. The zero-order valence-electron chi connectivity index (χ0n) is 16.6. The number of rotatable bonds is 6. The number of alkyl carbamates (subject to hydrolysis) is 1. The first-order valence-electron chi connectivity index (χ1n) is 8.79. The van der Waals surface area contributed by atoms with Crippen molar-refractivity contribution in [1.82, 2.24) is 5.32 Å². The Bertz CT molecular complexity index is 610. The largest absolute Gasteiger partial charge is 0.479 e. The van der Waals surface area contributed by atoms with Gasteiger partial charge in [0, 0.05) is 0 Å². The molecule has 0 aliphatic carbocycles. The SMILES string of the molecule is CC(C)(C)C(C=CC(NC(=O)OCc1ccccc1)C(=O)O)C(C)(C)C. The summed E-state index contributed by atoms with van der Waals surface area (Å²) in [7, 11) is 0. The monoisotopic (exact) mass is 361 g/mol. The highest BCUT2D eigenvalue weighted by Gasteiger charge is 2.33. The third kappa shape index (κ3) is 7.30. The summed E-state index contributed by atoms with van der Waals surface area (Å²) in [4.78, 5) is 23.4. The maximum absolute atomic E-state index is 11.9. The molecule has 0 saturated heterocycles. The fourth-order valence-electron chi connectivity index (χ4n) is 3.18. The predicted molar refractivity (Wildman–Crippen MR) is 103 cm³/mol. The van der Waals surface area contributed by atoms with E-state index in [1.165, 1.54) is 6.08 Å². The molecule has 2 N–H and O–H groups in total. The smallest absolute Gasteiger partial charge is 0.408 e. The second kappa shape index (κ2) is 8.88. The van der Waals surface area contributed by atoms with Crippen LogP contribution >= 0.6 is 0 Å². The van der Waals surface area contributed by atoms with Crippen molar-refractivity contribution in [2.24, 2.45) is 16.7 Å². The molecule has 0 aromatic heterocycles. The van der Waals surface area contributed by atoms with Crippen LogP contribution in [0.1, 0.15) is 47.1 Å². The zero-order valence-corrected chi connectivity index (χ0v) is 16.6. The molecule has 5 heteroatoms. The van der Waals surface area contributed by atoms with Crippen LogP contribution in [-0.2, 0) is 16.1 Å². The minimum Gasteiger partial charge on any atom is -0.479 e. The van der Waals surface area contributed by atoms with Gasteiger partial charge in [0.1, 0.15) is 12.6 Å². The second-order valence-corrected chi connectivity index (χ2v) is 8.62. The third-order valence-corrected chi connectivity index (χ3v) is 4.11. The van der Waals surface area contributed by atoms with E-state index in [4.69, 9.17) is 4.74 Å². The van der Waals surface area contributed by atoms with E-state index < -0.39 is 18.1 Å². The molecule has 1 aromatic rings. The van der Waals surface area contributed by atoms with E-state index in [0.717, 1.165) is 5.56 Å². The van der Waals surface area contributed by atoms with Crippen LogP contribution in [0.2, 0.25) is 0 Å². The third-order valence-electron chi connectivity index (χ3n) is 4.11. The van der Waals surface area contributed by atoms with Gasteiger partial charge in [-0.05, 0) is 22.3 Å². The maximum atomic E-state index is 11.9. The van der Waals surface area contributed by atoms with Crippen LogP contribution in [0.5, 0.6) is 0 Å². The number of ether oxygens (including phenoxy) is 1. The Hall–Kier alpha value is -2.30. The highest BCUT2D eigenvalue weighted by molar-refractivity contribution is 5.81. The van der Waals surface area contributed by atoms with Gasteiger partial charge in [-0.3, -0.25) is 0 Å². The van der Waals surface area contributed by atoms with Crippen molar-refractivity contribution < 1.29 is 19.4 Å². The number of hydrogen-bond donors (Lipinski definition) is 2. The molecule has 0 radical (unpaired) electrons. The van der Waals surface area contributed by atoms with Gasteiger partial charge in [0.05, 0.1) is 0 Å². The number of amides is 1. The molecule has 0 spiro atoms. The van der Waals surface area contributed by atoms with Crippen LogP contribution in [0.25, 0.3) is 0 Å². The fraction of sp³-hybridized carbons (Fsp3) is 0.524. The molecule has 5 nitrogen and oxygen atoms in total. The van der Waals surface area contributed by atoms with E-state index in [2.05, 4.69) is 46.9 Å². The van der Waals surface area contributed by atoms with Crippen molar-refractivity contribution >= 4 is 12.1 Å². The number of nitrogens with one attached hydrogen (secondary N) is 1. The first kappa shape index (κ1) is 21.7. The normalized spacial score (nSPS) is 13.7. The number of carboxylic acids is 1. The molecule has 26 heavy (non-hydrogen) atoms. The average molecular weight is 361 g/mol. The quantitative estimate of drug-likeness (QED) is 0.724. The summed E-state index contributed by atoms with van der Waals surface area (Å²) in [6.45, 7) is 12.8. The summed E-state index contributed by atoms with van der Waals surface area (Å²) in [6.07, 6.45) is 2.66. The van der Waals surface area contributed by atoms with E-state index in [1.807, 2.05) is 36.4 Å². The Kier molecular flexibility index (Phi) is 7.42. The van der Waals surface area contributed by atoms with Gasteiger partial charge < -0.3 is 15.2 Å². The molecular formula is C21H31NO4. The summed E-state index contributed by atoms with van der Waals surface area (Å²) in [5, 5.41) is 11.8. The van der Waals surface area contributed by atoms with Gasteiger partial charge in [0.2, 0.25) is 0 Å². The van der Waals surface area contributed by atoms with E-state index in [-0.39, 0.29) is 23.4 Å².